The molecule has 0 spiro atoms. The van der Waals surface area contributed by atoms with Crippen molar-refractivity contribution in [1.29, 1.82) is 0 Å². The first-order valence-electron chi connectivity index (χ1n) is 6.25. The number of halogens is 3. The van der Waals surface area contributed by atoms with Crippen molar-refractivity contribution in [3.8, 4) is 0 Å². The summed E-state index contributed by atoms with van der Waals surface area (Å²) >= 11 is 6.72. The Kier molecular flexibility index (Phi) is 3.91. The van der Waals surface area contributed by atoms with E-state index in [0.717, 1.165) is 15.2 Å². The fraction of sp³-hybridized carbons (Fsp3) is 0. The van der Waals surface area contributed by atoms with Gasteiger partial charge in [-0.1, -0.05) is 46.3 Å². The Bertz CT molecular complexity index is 838. The molecular weight excluding hydrogens is 399 g/mol. The quantitative estimate of drug-likeness (QED) is 0.495. The van der Waals surface area contributed by atoms with Gasteiger partial charge in [-0.2, -0.15) is 0 Å². The second-order valence-corrected chi connectivity index (χ2v) is 6.27. The zero-order chi connectivity index (χ0) is 15.0. The molecule has 1 nitrogen and oxygen atoms in total. The van der Waals surface area contributed by atoms with Gasteiger partial charge in [-0.15, -0.1) is 0 Å². The van der Waals surface area contributed by atoms with Gasteiger partial charge in [0.05, 0.1) is 5.56 Å². The summed E-state index contributed by atoms with van der Waals surface area (Å²) in [6.45, 7) is 0. The predicted molar refractivity (Wildman–Crippen MR) is 89.2 cm³/mol. The molecule has 0 radical (unpaired) electrons. The van der Waals surface area contributed by atoms with Gasteiger partial charge in [-0.25, -0.2) is 4.39 Å². The number of fused-ring (bicyclic) bond motifs is 1. The molecule has 3 rings (SSSR count). The fourth-order valence-corrected chi connectivity index (χ4v) is 3.31. The Morgan fingerprint density at radius 1 is 0.810 bits per heavy atom. The van der Waals surface area contributed by atoms with Crippen LogP contribution < -0.4 is 0 Å². The maximum absolute atomic E-state index is 14.0. The summed E-state index contributed by atoms with van der Waals surface area (Å²) in [4.78, 5) is 12.7. The van der Waals surface area contributed by atoms with Crippen LogP contribution in [-0.2, 0) is 0 Å². The van der Waals surface area contributed by atoms with E-state index in [1.54, 1.807) is 18.2 Å². The normalized spacial score (nSPS) is 10.8. The van der Waals surface area contributed by atoms with Crippen molar-refractivity contribution < 1.29 is 9.18 Å². The van der Waals surface area contributed by atoms with Gasteiger partial charge in [0, 0.05) is 14.5 Å². The zero-order valence-electron chi connectivity index (χ0n) is 10.7. The van der Waals surface area contributed by atoms with E-state index in [-0.39, 0.29) is 11.3 Å². The van der Waals surface area contributed by atoms with Crippen molar-refractivity contribution in [2.24, 2.45) is 0 Å². The van der Waals surface area contributed by atoms with Gasteiger partial charge in [0.2, 0.25) is 0 Å². The Labute approximate surface area is 138 Å². The van der Waals surface area contributed by atoms with Gasteiger partial charge in [0.1, 0.15) is 5.82 Å². The lowest BCUT2D eigenvalue weighted by Gasteiger charge is -2.09. The molecule has 0 bridgehead atoms. The summed E-state index contributed by atoms with van der Waals surface area (Å²) in [5, 5.41) is 1.72. The van der Waals surface area contributed by atoms with E-state index in [9.17, 15) is 9.18 Å². The largest absolute Gasteiger partial charge is 0.288 e. The van der Waals surface area contributed by atoms with Crippen molar-refractivity contribution in [2.45, 2.75) is 0 Å². The minimum Gasteiger partial charge on any atom is -0.288 e. The van der Waals surface area contributed by atoms with E-state index < -0.39 is 5.82 Å². The van der Waals surface area contributed by atoms with Crippen LogP contribution in [0.15, 0.2) is 63.5 Å². The van der Waals surface area contributed by atoms with Gasteiger partial charge < -0.3 is 0 Å². The minimum absolute atomic E-state index is 0.0602. The maximum Gasteiger partial charge on any atom is 0.197 e. The molecule has 104 valence electrons. The molecule has 4 heteroatoms. The summed E-state index contributed by atoms with van der Waals surface area (Å²) < 4.78 is 15.4. The number of carbonyl (C=O) groups is 1. The lowest BCUT2D eigenvalue weighted by atomic mass is 9.97. The molecule has 3 aromatic carbocycles. The molecule has 0 N–H and O–H groups in total. The highest BCUT2D eigenvalue weighted by Crippen LogP contribution is 2.30. The van der Waals surface area contributed by atoms with E-state index in [1.165, 1.54) is 6.07 Å². The Balaban J connectivity index is 2.26. The summed E-state index contributed by atoms with van der Waals surface area (Å²) in [5.41, 5.74) is 0.546. The van der Waals surface area contributed by atoms with Crippen LogP contribution in [-0.4, -0.2) is 5.78 Å². The van der Waals surface area contributed by atoms with Crippen molar-refractivity contribution in [2.75, 3.05) is 0 Å². The first-order valence-corrected chi connectivity index (χ1v) is 7.84. The third-order valence-electron chi connectivity index (χ3n) is 3.31. The van der Waals surface area contributed by atoms with Crippen LogP contribution in [0.1, 0.15) is 15.9 Å². The number of carbonyl (C=O) groups excluding carboxylic acids is 1. The van der Waals surface area contributed by atoms with Gasteiger partial charge >= 0.3 is 0 Å². The van der Waals surface area contributed by atoms with Crippen LogP contribution in [0.5, 0.6) is 0 Å². The standard InChI is InChI=1S/C17H9Br2FO/c18-13-9-8-12(10-4-1-2-5-11(10)13)17(21)16-14(19)6-3-7-15(16)20/h1-9H. The van der Waals surface area contributed by atoms with Crippen LogP contribution in [0, 0.1) is 5.82 Å². The van der Waals surface area contributed by atoms with E-state index >= 15 is 0 Å². The summed E-state index contributed by atoms with van der Waals surface area (Å²) in [5.74, 6) is -0.856. The topological polar surface area (TPSA) is 17.1 Å². The highest BCUT2D eigenvalue weighted by Gasteiger charge is 2.19. The molecule has 0 saturated heterocycles. The molecule has 0 fully saturated rings. The number of rotatable bonds is 2. The van der Waals surface area contributed by atoms with Crippen molar-refractivity contribution >= 4 is 48.4 Å². The Morgan fingerprint density at radius 3 is 2.24 bits per heavy atom. The molecule has 0 aliphatic rings. The molecular formula is C17H9Br2FO. The highest BCUT2D eigenvalue weighted by atomic mass is 79.9. The van der Waals surface area contributed by atoms with E-state index in [2.05, 4.69) is 31.9 Å². The smallest absolute Gasteiger partial charge is 0.197 e. The van der Waals surface area contributed by atoms with E-state index in [0.29, 0.717) is 10.0 Å². The summed E-state index contributed by atoms with van der Waals surface area (Å²) in [6, 6.07) is 15.6. The summed E-state index contributed by atoms with van der Waals surface area (Å²) in [7, 11) is 0. The number of benzene rings is 3. The average molecular weight is 408 g/mol. The lowest BCUT2D eigenvalue weighted by molar-refractivity contribution is 0.103. The summed E-state index contributed by atoms with van der Waals surface area (Å²) in [6.07, 6.45) is 0. The molecule has 0 atom stereocenters. The van der Waals surface area contributed by atoms with Gasteiger partial charge in [0.15, 0.2) is 5.78 Å². The second-order valence-electron chi connectivity index (χ2n) is 4.57. The number of hydrogen-bond donors (Lipinski definition) is 0. The van der Waals surface area contributed by atoms with Gasteiger partial charge in [-0.05, 0) is 51.0 Å². The van der Waals surface area contributed by atoms with Crippen LogP contribution in [0.3, 0.4) is 0 Å². The Hall–Kier alpha value is -1.52. The van der Waals surface area contributed by atoms with Crippen LogP contribution >= 0.6 is 31.9 Å². The SMILES string of the molecule is O=C(c1c(F)cccc1Br)c1ccc(Br)c2ccccc12. The van der Waals surface area contributed by atoms with Crippen LogP contribution in [0.4, 0.5) is 4.39 Å². The van der Waals surface area contributed by atoms with Crippen molar-refractivity contribution in [3.63, 3.8) is 0 Å². The Morgan fingerprint density at radius 2 is 1.52 bits per heavy atom. The lowest BCUT2D eigenvalue weighted by Crippen LogP contribution is -2.06. The van der Waals surface area contributed by atoms with Crippen molar-refractivity contribution in [1.82, 2.24) is 0 Å². The molecule has 0 aliphatic heterocycles. The third-order valence-corrected chi connectivity index (χ3v) is 4.66. The van der Waals surface area contributed by atoms with Crippen LogP contribution in [0.2, 0.25) is 0 Å². The van der Waals surface area contributed by atoms with Gasteiger partial charge in [0.25, 0.3) is 0 Å². The number of hydrogen-bond acceptors (Lipinski definition) is 1. The molecule has 21 heavy (non-hydrogen) atoms. The predicted octanol–water partition coefficient (Wildman–Crippen LogP) is 5.73. The third kappa shape index (κ3) is 2.54. The molecule has 0 unspecified atom stereocenters. The van der Waals surface area contributed by atoms with Gasteiger partial charge in [-0.3, -0.25) is 4.79 Å². The molecule has 0 heterocycles. The van der Waals surface area contributed by atoms with Crippen LogP contribution in [0.25, 0.3) is 10.8 Å². The van der Waals surface area contributed by atoms with E-state index in [4.69, 9.17) is 0 Å². The zero-order valence-corrected chi connectivity index (χ0v) is 13.9. The molecule has 0 aromatic heterocycles. The molecule has 0 saturated carbocycles. The molecule has 3 aromatic rings. The molecule has 0 aliphatic carbocycles. The number of ketones is 1. The van der Waals surface area contributed by atoms with Crippen molar-refractivity contribution in [3.05, 3.63) is 80.5 Å². The fourth-order valence-electron chi connectivity index (χ4n) is 2.31. The molecule has 0 amide bonds. The first kappa shape index (κ1) is 14.4. The van der Waals surface area contributed by atoms with E-state index in [1.807, 2.05) is 30.3 Å². The first-order chi connectivity index (χ1) is 10.1. The minimum atomic E-state index is -0.527. The second kappa shape index (κ2) is 5.70. The monoisotopic (exact) mass is 406 g/mol. The maximum atomic E-state index is 14.0. The average Bonchev–Trinajstić information content (AvgIpc) is 2.47. The highest BCUT2D eigenvalue weighted by molar-refractivity contribution is 9.11.